The van der Waals surface area contributed by atoms with Gasteiger partial charge in [-0.25, -0.2) is 0 Å². The molecule has 0 amide bonds. The van der Waals surface area contributed by atoms with Crippen LogP contribution in [0.2, 0.25) is 0 Å². The number of carbonyl (C=O) groups excluding carboxylic acids is 4. The van der Waals surface area contributed by atoms with Gasteiger partial charge in [-0.2, -0.15) is 0 Å². The molecule has 1 unspecified atom stereocenters. The van der Waals surface area contributed by atoms with Crippen LogP contribution in [0.25, 0.3) is 0 Å². The van der Waals surface area contributed by atoms with Crippen molar-refractivity contribution in [2.45, 2.75) is 77.8 Å². The van der Waals surface area contributed by atoms with E-state index in [1.807, 2.05) is 6.92 Å². The molecule has 6 atom stereocenters. The Morgan fingerprint density at radius 3 is 2.03 bits per heavy atom. The fourth-order valence-corrected chi connectivity index (χ4v) is 3.77. The van der Waals surface area contributed by atoms with Gasteiger partial charge in [0.1, 0.15) is 12.7 Å². The fourth-order valence-electron chi connectivity index (χ4n) is 3.77. The second-order valence-electron chi connectivity index (χ2n) is 8.03. The first-order valence-corrected chi connectivity index (χ1v) is 11.3. The highest BCUT2D eigenvalue weighted by Gasteiger charge is 2.53. The van der Waals surface area contributed by atoms with Crippen molar-refractivity contribution in [2.24, 2.45) is 0 Å². The SMILES string of the molecule is CCC(O[C@@H]1O[C@H](COC(C)=O)[C@@H](OC(C)=O)[C@H](OC(C)=O)[C@H]1OC(C)=O)c1ccc(O)c(OC)c1. The maximum Gasteiger partial charge on any atom is 0.303 e. The number of phenols is 1. The Hall–Kier alpha value is -3.38. The first-order valence-electron chi connectivity index (χ1n) is 11.3. The summed E-state index contributed by atoms with van der Waals surface area (Å²) >= 11 is 0. The predicted molar refractivity (Wildman–Crippen MR) is 121 cm³/mol. The number of hydrogen-bond acceptors (Lipinski definition) is 12. The van der Waals surface area contributed by atoms with Crippen LogP contribution < -0.4 is 4.74 Å². The topological polar surface area (TPSA) is 153 Å². The van der Waals surface area contributed by atoms with Gasteiger partial charge in [0, 0.05) is 27.7 Å². The highest BCUT2D eigenvalue weighted by molar-refractivity contribution is 5.68. The summed E-state index contributed by atoms with van der Waals surface area (Å²) in [4.78, 5) is 47.2. The molecular weight excluding hydrogens is 480 g/mol. The minimum atomic E-state index is -1.34. The van der Waals surface area contributed by atoms with Gasteiger partial charge in [0.25, 0.3) is 0 Å². The Morgan fingerprint density at radius 2 is 1.50 bits per heavy atom. The molecule has 1 heterocycles. The Kier molecular flexibility index (Phi) is 10.5. The number of methoxy groups -OCH3 is 1. The molecule has 0 spiro atoms. The van der Waals surface area contributed by atoms with Crippen LogP contribution in [0.5, 0.6) is 11.5 Å². The number of esters is 4. The van der Waals surface area contributed by atoms with Gasteiger partial charge in [-0.05, 0) is 24.1 Å². The van der Waals surface area contributed by atoms with Gasteiger partial charge in [-0.3, -0.25) is 19.2 Å². The lowest BCUT2D eigenvalue weighted by molar-refractivity contribution is -0.318. The number of phenolic OH excluding ortho intramolecular Hbond substituents is 1. The van der Waals surface area contributed by atoms with Gasteiger partial charge < -0.3 is 38.3 Å². The molecule has 0 bridgehead atoms. The van der Waals surface area contributed by atoms with Crippen molar-refractivity contribution in [3.05, 3.63) is 23.8 Å². The molecule has 1 aliphatic heterocycles. The number of benzene rings is 1. The van der Waals surface area contributed by atoms with Crippen LogP contribution in [0.1, 0.15) is 52.7 Å². The van der Waals surface area contributed by atoms with Gasteiger partial charge in [-0.15, -0.1) is 0 Å². The lowest BCUT2D eigenvalue weighted by Gasteiger charge is -2.44. The van der Waals surface area contributed by atoms with E-state index in [0.29, 0.717) is 12.0 Å². The second-order valence-corrected chi connectivity index (χ2v) is 8.03. The molecule has 1 fully saturated rings. The van der Waals surface area contributed by atoms with Gasteiger partial charge >= 0.3 is 23.9 Å². The Morgan fingerprint density at radius 1 is 0.917 bits per heavy atom. The number of rotatable bonds is 10. The van der Waals surface area contributed by atoms with Crippen LogP contribution in [0.4, 0.5) is 0 Å². The van der Waals surface area contributed by atoms with Crippen LogP contribution in [-0.2, 0) is 47.6 Å². The molecule has 0 saturated carbocycles. The Balaban J connectivity index is 2.49. The molecule has 36 heavy (non-hydrogen) atoms. The zero-order valence-corrected chi connectivity index (χ0v) is 21.0. The third-order valence-corrected chi connectivity index (χ3v) is 5.19. The van der Waals surface area contributed by atoms with E-state index >= 15 is 0 Å². The summed E-state index contributed by atoms with van der Waals surface area (Å²) in [6.07, 6.45) is -6.62. The maximum atomic E-state index is 12.0. The second kappa shape index (κ2) is 13.1. The van der Waals surface area contributed by atoms with Gasteiger partial charge in [-0.1, -0.05) is 13.0 Å². The molecular formula is C24H32O12. The van der Waals surface area contributed by atoms with Crippen LogP contribution >= 0.6 is 0 Å². The molecule has 0 aromatic heterocycles. The fraction of sp³-hybridized carbons (Fsp3) is 0.583. The van der Waals surface area contributed by atoms with Gasteiger partial charge in [0.05, 0.1) is 13.2 Å². The van der Waals surface area contributed by atoms with Crippen LogP contribution in [0, 0.1) is 0 Å². The molecule has 1 N–H and O–H groups in total. The summed E-state index contributed by atoms with van der Waals surface area (Å²) in [6, 6.07) is 4.64. The lowest BCUT2D eigenvalue weighted by atomic mass is 9.97. The van der Waals surface area contributed by atoms with Crippen LogP contribution in [0.3, 0.4) is 0 Å². The third kappa shape index (κ3) is 7.82. The molecule has 1 aliphatic rings. The van der Waals surface area contributed by atoms with Crippen LogP contribution in [-0.4, -0.2) is 73.4 Å². The predicted octanol–water partition coefficient (Wildman–Crippen LogP) is 1.95. The highest BCUT2D eigenvalue weighted by atomic mass is 16.7. The first-order chi connectivity index (χ1) is 17.0. The number of hydrogen-bond donors (Lipinski definition) is 1. The van der Waals surface area contributed by atoms with Crippen molar-refractivity contribution in [1.29, 1.82) is 0 Å². The van der Waals surface area contributed by atoms with E-state index in [0.717, 1.165) is 20.8 Å². The average molecular weight is 513 g/mol. The monoisotopic (exact) mass is 512 g/mol. The number of ether oxygens (including phenoxy) is 7. The normalized spacial score (nSPS) is 24.2. The summed E-state index contributed by atoms with van der Waals surface area (Å²) in [7, 11) is 1.40. The molecule has 1 aromatic rings. The number of aromatic hydroxyl groups is 1. The molecule has 12 heteroatoms. The first kappa shape index (κ1) is 28.9. The number of carbonyl (C=O) groups is 4. The van der Waals surface area contributed by atoms with Gasteiger partial charge in [0.15, 0.2) is 36.1 Å². The van der Waals surface area contributed by atoms with E-state index in [9.17, 15) is 24.3 Å². The van der Waals surface area contributed by atoms with Gasteiger partial charge in [0.2, 0.25) is 0 Å². The largest absolute Gasteiger partial charge is 0.504 e. The highest BCUT2D eigenvalue weighted by Crippen LogP contribution is 2.36. The van der Waals surface area contributed by atoms with Crippen molar-refractivity contribution in [3.63, 3.8) is 0 Å². The molecule has 200 valence electrons. The third-order valence-electron chi connectivity index (χ3n) is 5.19. The molecule has 1 saturated heterocycles. The van der Waals surface area contributed by atoms with Crippen molar-refractivity contribution in [1.82, 2.24) is 0 Å². The smallest absolute Gasteiger partial charge is 0.303 e. The summed E-state index contributed by atoms with van der Waals surface area (Å²) in [5, 5.41) is 9.93. The molecule has 12 nitrogen and oxygen atoms in total. The molecule has 1 aromatic carbocycles. The maximum absolute atomic E-state index is 12.0. The van der Waals surface area contributed by atoms with E-state index < -0.39 is 60.7 Å². The molecule has 0 aliphatic carbocycles. The van der Waals surface area contributed by atoms with E-state index in [1.54, 1.807) is 12.1 Å². The van der Waals surface area contributed by atoms with E-state index in [1.165, 1.54) is 20.1 Å². The Labute approximate surface area is 208 Å². The van der Waals surface area contributed by atoms with Crippen molar-refractivity contribution < 1.29 is 57.4 Å². The summed E-state index contributed by atoms with van der Waals surface area (Å²) in [5.74, 6) is -2.66. The van der Waals surface area contributed by atoms with E-state index in [-0.39, 0.29) is 18.1 Å². The van der Waals surface area contributed by atoms with Crippen LogP contribution in [0.15, 0.2) is 18.2 Å². The van der Waals surface area contributed by atoms with Crippen molar-refractivity contribution in [2.75, 3.05) is 13.7 Å². The quantitative estimate of drug-likeness (QED) is 0.360. The minimum absolute atomic E-state index is 0.0663. The minimum Gasteiger partial charge on any atom is -0.504 e. The zero-order valence-electron chi connectivity index (χ0n) is 21.0. The van der Waals surface area contributed by atoms with Crippen molar-refractivity contribution >= 4 is 23.9 Å². The van der Waals surface area contributed by atoms with Crippen molar-refractivity contribution in [3.8, 4) is 11.5 Å². The Bertz CT molecular complexity index is 945. The molecule has 2 rings (SSSR count). The average Bonchev–Trinajstić information content (AvgIpc) is 2.79. The lowest BCUT2D eigenvalue weighted by Crippen LogP contribution is -2.63. The van der Waals surface area contributed by atoms with E-state index in [2.05, 4.69) is 0 Å². The van der Waals surface area contributed by atoms with E-state index in [4.69, 9.17) is 33.2 Å². The summed E-state index contributed by atoms with van der Waals surface area (Å²) in [5.41, 5.74) is 0.611. The summed E-state index contributed by atoms with van der Waals surface area (Å²) in [6.45, 7) is 6.09. The standard InChI is InChI=1S/C24H32O12/c1-7-18(16-8-9-17(29)19(10-16)30-6)35-24-23(34-15(5)28)22(33-14(4)27)21(32-13(3)26)20(36-24)11-31-12(2)25/h8-10,18,20-24,29H,7,11H2,1-6H3/t18?,20-,21-,22+,23-,24-/m1/s1. The zero-order chi connectivity index (χ0) is 27.0. The summed E-state index contributed by atoms with van der Waals surface area (Å²) < 4.78 is 38.6. The molecule has 0 radical (unpaired) electrons.